The van der Waals surface area contributed by atoms with Crippen LogP contribution in [0.2, 0.25) is 0 Å². The van der Waals surface area contributed by atoms with Crippen molar-refractivity contribution in [3.63, 3.8) is 0 Å². The number of nitrogens with one attached hydrogen (secondary N) is 1. The largest absolute Gasteiger partial charge is 0.467 e. The van der Waals surface area contributed by atoms with Crippen molar-refractivity contribution >= 4 is 6.47 Å². The smallest absolute Gasteiger partial charge is 0.293 e. The lowest BCUT2D eigenvalue weighted by Gasteiger charge is -1.93. The molecule has 0 aromatic carbocycles. The Morgan fingerprint density at radius 2 is 2.58 bits per heavy atom. The third kappa shape index (κ3) is 2.38. The second kappa shape index (κ2) is 4.54. The number of aromatic nitrogens is 2. The number of hydrogen-bond acceptors (Lipinski definition) is 3. The van der Waals surface area contributed by atoms with E-state index in [-0.39, 0.29) is 0 Å². The van der Waals surface area contributed by atoms with Crippen molar-refractivity contribution in [2.45, 2.75) is 19.8 Å². The van der Waals surface area contributed by atoms with Gasteiger partial charge >= 0.3 is 0 Å². The number of aromatic amines is 1. The average molecular weight is 168 g/mol. The van der Waals surface area contributed by atoms with Gasteiger partial charge in [0.2, 0.25) is 0 Å². The molecule has 0 fully saturated rings. The Morgan fingerprint density at radius 1 is 1.75 bits per heavy atom. The van der Waals surface area contributed by atoms with Gasteiger partial charge in [-0.3, -0.25) is 9.89 Å². The minimum Gasteiger partial charge on any atom is -0.467 e. The van der Waals surface area contributed by atoms with Gasteiger partial charge in [0.25, 0.3) is 6.47 Å². The number of nitrogens with zero attached hydrogens (tertiary/aromatic N) is 1. The molecular formula is C8H12N2O2. The van der Waals surface area contributed by atoms with Gasteiger partial charge in [-0.05, 0) is 12.5 Å². The highest BCUT2D eigenvalue weighted by Gasteiger charge is 1.98. The summed E-state index contributed by atoms with van der Waals surface area (Å²) < 4.78 is 4.55. The lowest BCUT2D eigenvalue weighted by atomic mass is 10.2. The number of aryl methyl sites for hydroxylation is 1. The van der Waals surface area contributed by atoms with Crippen molar-refractivity contribution in [3.8, 4) is 0 Å². The first-order valence-corrected chi connectivity index (χ1v) is 3.95. The Morgan fingerprint density at radius 3 is 3.17 bits per heavy atom. The van der Waals surface area contributed by atoms with E-state index in [1.807, 2.05) is 13.0 Å². The zero-order valence-corrected chi connectivity index (χ0v) is 7.04. The number of H-pyrrole nitrogens is 1. The van der Waals surface area contributed by atoms with Crippen LogP contribution in [0.1, 0.15) is 18.3 Å². The molecule has 1 aromatic rings. The van der Waals surface area contributed by atoms with E-state index in [0.717, 1.165) is 17.8 Å². The molecule has 1 rings (SSSR count). The lowest BCUT2D eigenvalue weighted by molar-refractivity contribution is -0.128. The summed E-state index contributed by atoms with van der Waals surface area (Å²) in [6, 6.07) is 1.98. The summed E-state index contributed by atoms with van der Waals surface area (Å²) >= 11 is 0. The molecule has 12 heavy (non-hydrogen) atoms. The molecule has 1 aromatic heterocycles. The van der Waals surface area contributed by atoms with Crippen LogP contribution >= 0.6 is 0 Å². The van der Waals surface area contributed by atoms with E-state index in [2.05, 4.69) is 14.9 Å². The summed E-state index contributed by atoms with van der Waals surface area (Å²) in [6.07, 6.45) is 1.62. The van der Waals surface area contributed by atoms with E-state index in [1.54, 1.807) is 0 Å². The maximum absolute atomic E-state index is 9.81. The Balaban J connectivity index is 2.36. The molecule has 0 saturated heterocycles. The summed E-state index contributed by atoms with van der Waals surface area (Å²) in [4.78, 5) is 9.81. The number of carbonyl (C=O) groups is 1. The van der Waals surface area contributed by atoms with Crippen LogP contribution in [0.25, 0.3) is 0 Å². The Hall–Kier alpha value is -1.32. The van der Waals surface area contributed by atoms with Gasteiger partial charge in [-0.1, -0.05) is 6.92 Å². The molecule has 4 nitrogen and oxygen atoms in total. The average Bonchev–Trinajstić information content (AvgIpc) is 2.53. The molecule has 4 heteroatoms. The van der Waals surface area contributed by atoms with Crippen molar-refractivity contribution in [1.82, 2.24) is 10.2 Å². The predicted molar refractivity (Wildman–Crippen MR) is 43.7 cm³/mol. The van der Waals surface area contributed by atoms with Crippen LogP contribution < -0.4 is 0 Å². The maximum atomic E-state index is 9.81. The molecule has 0 aliphatic heterocycles. The molecule has 0 aliphatic carbocycles. The molecule has 0 amide bonds. The van der Waals surface area contributed by atoms with Crippen LogP contribution in [0.3, 0.4) is 0 Å². The van der Waals surface area contributed by atoms with E-state index < -0.39 is 0 Å². The van der Waals surface area contributed by atoms with E-state index >= 15 is 0 Å². The van der Waals surface area contributed by atoms with E-state index in [4.69, 9.17) is 0 Å². The fourth-order valence-corrected chi connectivity index (χ4v) is 0.935. The molecule has 0 unspecified atom stereocenters. The Bertz CT molecular complexity index is 245. The molecule has 66 valence electrons. The molecule has 0 spiro atoms. The molecule has 0 radical (unpaired) electrons. The summed E-state index contributed by atoms with van der Waals surface area (Å²) in [5.74, 6) is 0. The standard InChI is InChI=1S/C8H12N2O2/c1-2-7-5-8(10-9-7)3-4-12-6-11/h5-6H,2-4H2,1H3,(H,9,10). The Labute approximate surface area is 70.9 Å². The normalized spacial score (nSPS) is 9.75. The van der Waals surface area contributed by atoms with Crippen LogP contribution in [0.4, 0.5) is 0 Å². The van der Waals surface area contributed by atoms with Crippen molar-refractivity contribution in [3.05, 3.63) is 17.5 Å². The topological polar surface area (TPSA) is 55.0 Å². The van der Waals surface area contributed by atoms with Gasteiger partial charge in [-0.25, -0.2) is 0 Å². The van der Waals surface area contributed by atoms with Crippen LogP contribution in [0.5, 0.6) is 0 Å². The zero-order chi connectivity index (χ0) is 8.81. The second-order valence-corrected chi connectivity index (χ2v) is 2.46. The van der Waals surface area contributed by atoms with Crippen LogP contribution in [0.15, 0.2) is 6.07 Å². The second-order valence-electron chi connectivity index (χ2n) is 2.46. The summed E-state index contributed by atoms with van der Waals surface area (Å²) in [7, 11) is 0. The summed E-state index contributed by atoms with van der Waals surface area (Å²) in [5, 5.41) is 6.91. The van der Waals surface area contributed by atoms with Gasteiger partial charge in [0.1, 0.15) is 0 Å². The number of hydrogen-bond donors (Lipinski definition) is 1. The minimum absolute atomic E-state index is 0.412. The number of ether oxygens (including phenoxy) is 1. The highest BCUT2D eigenvalue weighted by Crippen LogP contribution is 2.00. The molecule has 0 atom stereocenters. The van der Waals surface area contributed by atoms with E-state index in [0.29, 0.717) is 19.5 Å². The fraction of sp³-hybridized carbons (Fsp3) is 0.500. The first-order chi connectivity index (χ1) is 5.86. The highest BCUT2D eigenvalue weighted by molar-refractivity contribution is 5.36. The van der Waals surface area contributed by atoms with Gasteiger partial charge in [0.05, 0.1) is 12.3 Å². The van der Waals surface area contributed by atoms with E-state index in [1.165, 1.54) is 0 Å². The van der Waals surface area contributed by atoms with Gasteiger partial charge in [0, 0.05) is 12.1 Å². The monoisotopic (exact) mass is 168 g/mol. The predicted octanol–water partition coefficient (Wildman–Crippen LogP) is 0.688. The van der Waals surface area contributed by atoms with Gasteiger partial charge in [0.15, 0.2) is 0 Å². The summed E-state index contributed by atoms with van der Waals surface area (Å²) in [5.41, 5.74) is 2.05. The quantitative estimate of drug-likeness (QED) is 0.519. The van der Waals surface area contributed by atoms with Crippen LogP contribution in [-0.2, 0) is 22.4 Å². The molecule has 1 heterocycles. The van der Waals surface area contributed by atoms with Crippen molar-refractivity contribution in [2.75, 3.05) is 6.61 Å². The Kier molecular flexibility index (Phi) is 3.32. The van der Waals surface area contributed by atoms with Gasteiger partial charge in [-0.2, -0.15) is 5.10 Å². The molecule has 0 aliphatic rings. The van der Waals surface area contributed by atoms with Gasteiger partial charge in [-0.15, -0.1) is 0 Å². The maximum Gasteiger partial charge on any atom is 0.293 e. The molecule has 1 N–H and O–H groups in total. The van der Waals surface area contributed by atoms with Crippen molar-refractivity contribution in [1.29, 1.82) is 0 Å². The molecular weight excluding hydrogens is 156 g/mol. The first-order valence-electron chi connectivity index (χ1n) is 3.95. The zero-order valence-electron chi connectivity index (χ0n) is 7.04. The number of rotatable bonds is 5. The van der Waals surface area contributed by atoms with E-state index in [9.17, 15) is 4.79 Å². The SMILES string of the molecule is CCc1cc(CCOC=O)[nH]n1. The third-order valence-corrected chi connectivity index (χ3v) is 1.60. The molecule has 0 bridgehead atoms. The number of carbonyl (C=O) groups excluding carboxylic acids is 1. The van der Waals surface area contributed by atoms with Gasteiger partial charge < -0.3 is 4.74 Å². The fourth-order valence-electron chi connectivity index (χ4n) is 0.935. The van der Waals surface area contributed by atoms with Crippen molar-refractivity contribution < 1.29 is 9.53 Å². The first kappa shape index (κ1) is 8.77. The minimum atomic E-state index is 0.412. The van der Waals surface area contributed by atoms with Crippen molar-refractivity contribution in [2.24, 2.45) is 0 Å². The van der Waals surface area contributed by atoms with Crippen LogP contribution in [0, 0.1) is 0 Å². The summed E-state index contributed by atoms with van der Waals surface area (Å²) in [6.45, 7) is 2.91. The van der Waals surface area contributed by atoms with Crippen LogP contribution in [-0.4, -0.2) is 23.3 Å². The highest BCUT2D eigenvalue weighted by atomic mass is 16.5. The molecule has 0 saturated carbocycles. The lowest BCUT2D eigenvalue weighted by Crippen LogP contribution is -1.96. The third-order valence-electron chi connectivity index (χ3n) is 1.60.